The van der Waals surface area contributed by atoms with Gasteiger partial charge in [0.1, 0.15) is 0 Å². The highest BCUT2D eigenvalue weighted by Gasteiger charge is 2.34. The molecule has 4 rings (SSSR count). The highest BCUT2D eigenvalue weighted by Crippen LogP contribution is 2.49. The molecule has 1 fully saturated rings. The van der Waals surface area contributed by atoms with E-state index in [1.54, 1.807) is 17.8 Å². The van der Waals surface area contributed by atoms with E-state index in [9.17, 15) is 13.2 Å². The van der Waals surface area contributed by atoms with Crippen molar-refractivity contribution in [2.45, 2.75) is 54.6 Å². The van der Waals surface area contributed by atoms with Gasteiger partial charge in [0.15, 0.2) is 0 Å². The van der Waals surface area contributed by atoms with Crippen LogP contribution in [0.25, 0.3) is 0 Å². The Bertz CT molecular complexity index is 869. The fourth-order valence-electron chi connectivity index (χ4n) is 4.24. The SMILES string of the molecule is CC1(C)CCCN1CCCN1c2ccccc2Sc2ccc(C(F)(F)F)cc21.Cl. The zero-order chi connectivity index (χ0) is 19.9. The highest BCUT2D eigenvalue weighted by molar-refractivity contribution is 7.99. The second kappa shape index (κ2) is 8.40. The third-order valence-corrected chi connectivity index (χ3v) is 6.97. The third-order valence-electron chi connectivity index (χ3n) is 5.84. The van der Waals surface area contributed by atoms with E-state index < -0.39 is 11.7 Å². The number of halogens is 4. The van der Waals surface area contributed by atoms with Crippen LogP contribution >= 0.6 is 24.2 Å². The molecule has 158 valence electrons. The number of para-hydroxylation sites is 1. The Morgan fingerprint density at radius 1 is 1.00 bits per heavy atom. The normalized spacial score (nSPS) is 18.2. The topological polar surface area (TPSA) is 6.48 Å². The molecule has 29 heavy (non-hydrogen) atoms. The lowest BCUT2D eigenvalue weighted by atomic mass is 10.0. The van der Waals surface area contributed by atoms with Crippen molar-refractivity contribution in [2.24, 2.45) is 0 Å². The van der Waals surface area contributed by atoms with Crippen LogP contribution in [0.3, 0.4) is 0 Å². The van der Waals surface area contributed by atoms with E-state index in [1.165, 1.54) is 25.0 Å². The molecule has 2 aliphatic rings. The number of benzene rings is 2. The van der Waals surface area contributed by atoms with E-state index in [2.05, 4.69) is 23.6 Å². The van der Waals surface area contributed by atoms with Crippen LogP contribution in [-0.4, -0.2) is 30.1 Å². The molecule has 0 spiro atoms. The average Bonchev–Trinajstić information content (AvgIpc) is 2.98. The molecule has 0 N–H and O–H groups in total. The Labute approximate surface area is 180 Å². The van der Waals surface area contributed by atoms with E-state index in [4.69, 9.17) is 0 Å². The largest absolute Gasteiger partial charge is 0.416 e. The molecule has 0 bridgehead atoms. The van der Waals surface area contributed by atoms with Crippen LogP contribution < -0.4 is 4.90 Å². The Morgan fingerprint density at radius 3 is 2.41 bits per heavy atom. The maximum atomic E-state index is 13.3. The molecule has 0 saturated carbocycles. The fraction of sp³-hybridized carbons (Fsp3) is 0.455. The van der Waals surface area contributed by atoms with E-state index in [1.807, 2.05) is 24.3 Å². The van der Waals surface area contributed by atoms with Crippen LogP contribution in [-0.2, 0) is 6.18 Å². The van der Waals surface area contributed by atoms with Crippen molar-refractivity contribution in [3.05, 3.63) is 48.0 Å². The van der Waals surface area contributed by atoms with Crippen molar-refractivity contribution in [1.29, 1.82) is 0 Å². The molecule has 0 atom stereocenters. The van der Waals surface area contributed by atoms with E-state index >= 15 is 0 Å². The highest BCUT2D eigenvalue weighted by atomic mass is 35.5. The molecule has 0 unspecified atom stereocenters. The minimum atomic E-state index is -4.33. The van der Waals surface area contributed by atoms with Crippen molar-refractivity contribution < 1.29 is 13.2 Å². The number of hydrogen-bond acceptors (Lipinski definition) is 3. The Balaban J connectivity index is 0.00000240. The minimum absolute atomic E-state index is 0. The van der Waals surface area contributed by atoms with Gasteiger partial charge in [0, 0.05) is 28.4 Å². The summed E-state index contributed by atoms with van der Waals surface area (Å²) < 4.78 is 39.9. The zero-order valence-corrected chi connectivity index (χ0v) is 18.3. The van der Waals surface area contributed by atoms with Gasteiger partial charge in [0.25, 0.3) is 0 Å². The first kappa shape index (κ1) is 22.3. The molecule has 2 heterocycles. The van der Waals surface area contributed by atoms with E-state index in [0.29, 0.717) is 12.2 Å². The lowest BCUT2D eigenvalue weighted by Gasteiger charge is -2.35. The number of rotatable bonds is 4. The maximum absolute atomic E-state index is 13.3. The van der Waals surface area contributed by atoms with Gasteiger partial charge in [-0.1, -0.05) is 23.9 Å². The smallest absolute Gasteiger partial charge is 0.340 e. The van der Waals surface area contributed by atoms with Crippen molar-refractivity contribution in [3.8, 4) is 0 Å². The molecule has 1 saturated heterocycles. The van der Waals surface area contributed by atoms with Gasteiger partial charge >= 0.3 is 6.18 Å². The quantitative estimate of drug-likeness (QED) is 0.503. The molecule has 2 aliphatic heterocycles. The first-order valence-corrected chi connectivity index (χ1v) is 10.6. The van der Waals surface area contributed by atoms with Crippen LogP contribution in [0.1, 0.15) is 38.7 Å². The van der Waals surface area contributed by atoms with Crippen molar-refractivity contribution in [2.75, 3.05) is 24.5 Å². The molecular formula is C22H26ClF3N2S. The lowest BCUT2D eigenvalue weighted by Crippen LogP contribution is -2.39. The Morgan fingerprint density at radius 2 is 1.72 bits per heavy atom. The number of likely N-dealkylation sites (tertiary alicyclic amines) is 1. The van der Waals surface area contributed by atoms with Crippen LogP contribution in [0.4, 0.5) is 24.5 Å². The Kier molecular flexibility index (Phi) is 6.47. The summed E-state index contributed by atoms with van der Waals surface area (Å²) in [5.74, 6) is 0. The fourth-order valence-corrected chi connectivity index (χ4v) is 5.32. The summed E-state index contributed by atoms with van der Waals surface area (Å²) in [6, 6.07) is 12.1. The summed E-state index contributed by atoms with van der Waals surface area (Å²) in [6.45, 7) is 7.33. The second-order valence-electron chi connectivity index (χ2n) is 8.16. The average molecular weight is 443 g/mol. The predicted molar refractivity (Wildman–Crippen MR) is 116 cm³/mol. The summed E-state index contributed by atoms with van der Waals surface area (Å²) >= 11 is 1.54. The summed E-state index contributed by atoms with van der Waals surface area (Å²) in [6.07, 6.45) is -0.998. The molecule has 2 aromatic rings. The van der Waals surface area contributed by atoms with Crippen LogP contribution in [0.5, 0.6) is 0 Å². The lowest BCUT2D eigenvalue weighted by molar-refractivity contribution is -0.137. The molecule has 0 amide bonds. The number of nitrogens with zero attached hydrogens (tertiary/aromatic N) is 2. The molecule has 2 aromatic carbocycles. The molecule has 0 radical (unpaired) electrons. The summed E-state index contributed by atoms with van der Waals surface area (Å²) in [5.41, 5.74) is 1.30. The van der Waals surface area contributed by atoms with Crippen molar-refractivity contribution in [1.82, 2.24) is 4.90 Å². The minimum Gasteiger partial charge on any atom is -0.340 e. The van der Waals surface area contributed by atoms with Crippen molar-refractivity contribution in [3.63, 3.8) is 0 Å². The molecule has 0 aliphatic carbocycles. The monoisotopic (exact) mass is 442 g/mol. The standard InChI is InChI=1S/C22H25F3N2S.ClH/c1-21(2)11-5-12-26(21)13-6-14-27-17-7-3-4-8-19(17)28-20-10-9-16(15-18(20)27)22(23,24)25;/h3-4,7-10,15H,5-6,11-14H2,1-2H3;1H. The number of fused-ring (bicyclic) bond motifs is 2. The molecule has 2 nitrogen and oxygen atoms in total. The van der Waals surface area contributed by atoms with E-state index in [0.717, 1.165) is 35.0 Å². The summed E-state index contributed by atoms with van der Waals surface area (Å²) in [4.78, 5) is 6.55. The Hall–Kier alpha value is -1.37. The van der Waals surface area contributed by atoms with E-state index in [-0.39, 0.29) is 17.9 Å². The van der Waals surface area contributed by atoms with Gasteiger partial charge in [-0.3, -0.25) is 4.90 Å². The first-order valence-electron chi connectivity index (χ1n) is 9.76. The first-order chi connectivity index (χ1) is 13.3. The van der Waals surface area contributed by atoms with Gasteiger partial charge in [-0.25, -0.2) is 0 Å². The molecular weight excluding hydrogens is 417 g/mol. The van der Waals surface area contributed by atoms with Gasteiger partial charge in [0.05, 0.1) is 16.9 Å². The number of hydrogen-bond donors (Lipinski definition) is 0. The van der Waals surface area contributed by atoms with Crippen LogP contribution in [0.2, 0.25) is 0 Å². The summed E-state index contributed by atoms with van der Waals surface area (Å²) in [7, 11) is 0. The predicted octanol–water partition coefficient (Wildman–Crippen LogP) is 6.99. The third kappa shape index (κ3) is 4.54. The van der Waals surface area contributed by atoms with Crippen LogP contribution in [0, 0.1) is 0 Å². The van der Waals surface area contributed by atoms with Gasteiger partial charge in [-0.05, 0) is 70.0 Å². The number of alkyl halides is 3. The number of anilines is 2. The van der Waals surface area contributed by atoms with Gasteiger partial charge < -0.3 is 4.90 Å². The molecule has 7 heteroatoms. The van der Waals surface area contributed by atoms with Gasteiger partial charge in [0.2, 0.25) is 0 Å². The maximum Gasteiger partial charge on any atom is 0.416 e. The van der Waals surface area contributed by atoms with Gasteiger partial charge in [-0.2, -0.15) is 13.2 Å². The van der Waals surface area contributed by atoms with Gasteiger partial charge in [-0.15, -0.1) is 12.4 Å². The second-order valence-corrected chi connectivity index (χ2v) is 9.24. The van der Waals surface area contributed by atoms with Crippen molar-refractivity contribution >= 4 is 35.5 Å². The summed E-state index contributed by atoms with van der Waals surface area (Å²) in [5, 5.41) is 0. The molecule has 0 aromatic heterocycles. The van der Waals surface area contributed by atoms with Crippen LogP contribution in [0.15, 0.2) is 52.3 Å². The zero-order valence-electron chi connectivity index (χ0n) is 16.6.